The van der Waals surface area contributed by atoms with E-state index in [-0.39, 0.29) is 39.4 Å². The van der Waals surface area contributed by atoms with Crippen LogP contribution < -0.4 is 14.8 Å². The van der Waals surface area contributed by atoms with Crippen molar-refractivity contribution in [3.05, 3.63) is 71.1 Å². The first-order valence-electron chi connectivity index (χ1n) is 13.6. The van der Waals surface area contributed by atoms with E-state index >= 15 is 0 Å². The second-order valence-corrected chi connectivity index (χ2v) is 13.9. The molecule has 232 valence electrons. The second-order valence-electron chi connectivity index (χ2n) is 10.9. The van der Waals surface area contributed by atoms with Gasteiger partial charge in [-0.05, 0) is 63.9 Å². The van der Waals surface area contributed by atoms with Gasteiger partial charge < -0.3 is 19.7 Å². The number of carbonyl (C=O) groups excluding carboxylic acids is 1. The van der Waals surface area contributed by atoms with Crippen molar-refractivity contribution in [3.8, 4) is 22.2 Å². The number of nitrogens with one attached hydrogen (secondary N) is 2. The van der Waals surface area contributed by atoms with Crippen molar-refractivity contribution in [2.45, 2.75) is 50.2 Å². The molecule has 1 saturated heterocycles. The van der Waals surface area contributed by atoms with Gasteiger partial charge in [-0.15, -0.1) is 11.3 Å². The van der Waals surface area contributed by atoms with Crippen LogP contribution in [0, 0.1) is 5.82 Å². The van der Waals surface area contributed by atoms with Crippen LogP contribution in [0.2, 0.25) is 5.02 Å². The predicted octanol–water partition coefficient (Wildman–Crippen LogP) is 6.80. The molecule has 0 unspecified atom stereocenters. The van der Waals surface area contributed by atoms with Gasteiger partial charge in [0.15, 0.2) is 5.82 Å². The molecular formula is C29H30ClFN6O5S2. The number of rotatable bonds is 8. The zero-order valence-electron chi connectivity index (χ0n) is 24.1. The Morgan fingerprint density at radius 1 is 1.16 bits per heavy atom. The van der Waals surface area contributed by atoms with Crippen LogP contribution in [0.25, 0.3) is 10.6 Å². The fraction of sp³-hybridized carbons (Fsp3) is 0.310. The van der Waals surface area contributed by atoms with Gasteiger partial charge in [0.2, 0.25) is 11.8 Å². The number of likely N-dealkylation sites (tertiary alicyclic amines) is 1. The van der Waals surface area contributed by atoms with Gasteiger partial charge in [0.05, 0.1) is 21.9 Å². The van der Waals surface area contributed by atoms with Gasteiger partial charge in [-0.2, -0.15) is 0 Å². The van der Waals surface area contributed by atoms with E-state index in [0.29, 0.717) is 29.6 Å². The second kappa shape index (κ2) is 12.9. The zero-order chi connectivity index (χ0) is 31.5. The molecule has 15 heteroatoms. The molecule has 2 N–H and O–H groups in total. The van der Waals surface area contributed by atoms with Gasteiger partial charge in [-0.3, -0.25) is 4.72 Å². The van der Waals surface area contributed by atoms with Crippen molar-refractivity contribution in [2.75, 3.05) is 23.1 Å². The summed E-state index contributed by atoms with van der Waals surface area (Å²) in [6.45, 7) is 6.57. The summed E-state index contributed by atoms with van der Waals surface area (Å²) in [5, 5.41) is 3.32. The van der Waals surface area contributed by atoms with Crippen molar-refractivity contribution in [1.82, 2.24) is 19.9 Å². The summed E-state index contributed by atoms with van der Waals surface area (Å²) >= 11 is 7.29. The molecule has 0 spiro atoms. The molecule has 2 aromatic carbocycles. The Balaban J connectivity index is 1.27. The van der Waals surface area contributed by atoms with Crippen LogP contribution in [0.4, 0.5) is 20.8 Å². The summed E-state index contributed by atoms with van der Waals surface area (Å²) in [6, 6.07) is 11.2. The smallest absolute Gasteiger partial charge is 0.410 e. The Bertz CT molecular complexity index is 1760. The molecule has 1 aliphatic heterocycles. The molecular weight excluding hydrogens is 631 g/mol. The maximum absolute atomic E-state index is 15.0. The quantitative estimate of drug-likeness (QED) is 0.209. The normalized spacial score (nSPS) is 15.5. The number of hydrogen-bond donors (Lipinski definition) is 2. The van der Waals surface area contributed by atoms with Crippen molar-refractivity contribution in [3.63, 3.8) is 0 Å². The highest BCUT2D eigenvalue weighted by Gasteiger charge is 2.28. The standard InChI is InChI=1S/C29H30ClFN6O5S2/c1-29(2,3)42-28(38)37-14-6-7-18(16-37)34-27-32-13-12-23(35-27)25-26(33-17-43-25)41-19-10-11-22(21(31)15-19)36-44(39,40)24-9-5-4-8-20(24)30/h4-5,8-13,15,17-18,36H,6-7,14,16H2,1-3H3,(H,32,34,35)/t18-/m0/s1. The van der Waals surface area contributed by atoms with E-state index in [0.717, 1.165) is 18.9 Å². The monoisotopic (exact) mass is 660 g/mol. The Morgan fingerprint density at radius 3 is 2.70 bits per heavy atom. The van der Waals surface area contributed by atoms with E-state index in [1.807, 2.05) is 20.8 Å². The number of sulfonamides is 1. The first kappa shape index (κ1) is 31.4. The molecule has 1 amide bonds. The number of aromatic nitrogens is 3. The van der Waals surface area contributed by atoms with Crippen molar-refractivity contribution >= 4 is 50.7 Å². The Hall–Kier alpha value is -4.01. The average molecular weight is 661 g/mol. The van der Waals surface area contributed by atoms with Crippen molar-refractivity contribution in [1.29, 1.82) is 0 Å². The highest BCUT2D eigenvalue weighted by atomic mass is 35.5. The van der Waals surface area contributed by atoms with E-state index in [4.69, 9.17) is 21.1 Å². The Labute approximate surface area is 263 Å². The van der Waals surface area contributed by atoms with Gasteiger partial charge in [0.25, 0.3) is 10.0 Å². The number of piperidine rings is 1. The van der Waals surface area contributed by atoms with Crippen LogP contribution in [-0.2, 0) is 14.8 Å². The lowest BCUT2D eigenvalue weighted by atomic mass is 10.1. The number of anilines is 2. The first-order valence-corrected chi connectivity index (χ1v) is 16.4. The number of halogens is 2. The van der Waals surface area contributed by atoms with Crippen LogP contribution >= 0.6 is 22.9 Å². The molecule has 3 heterocycles. The Morgan fingerprint density at radius 2 is 1.95 bits per heavy atom. The van der Waals surface area contributed by atoms with E-state index in [9.17, 15) is 17.6 Å². The van der Waals surface area contributed by atoms with E-state index in [1.54, 1.807) is 28.7 Å². The number of amides is 1. The fourth-order valence-corrected chi connectivity index (χ4v) is 6.69. The van der Waals surface area contributed by atoms with Crippen molar-refractivity contribution in [2.24, 2.45) is 0 Å². The molecule has 0 saturated carbocycles. The largest absolute Gasteiger partial charge is 0.444 e. The molecule has 1 atom stereocenters. The molecule has 0 radical (unpaired) electrons. The highest BCUT2D eigenvalue weighted by Crippen LogP contribution is 2.36. The minimum Gasteiger partial charge on any atom is -0.444 e. The molecule has 1 fully saturated rings. The lowest BCUT2D eigenvalue weighted by Crippen LogP contribution is -2.47. The van der Waals surface area contributed by atoms with Gasteiger partial charge in [0.1, 0.15) is 21.1 Å². The minimum absolute atomic E-state index is 0.0148. The van der Waals surface area contributed by atoms with E-state index in [2.05, 4.69) is 25.0 Å². The molecule has 5 rings (SSSR count). The lowest BCUT2D eigenvalue weighted by molar-refractivity contribution is 0.0206. The van der Waals surface area contributed by atoms with Crippen LogP contribution in [-0.4, -0.2) is 59.1 Å². The molecule has 11 nitrogen and oxygen atoms in total. The maximum Gasteiger partial charge on any atom is 0.410 e. The van der Waals surface area contributed by atoms with Gasteiger partial charge in [0, 0.05) is 31.4 Å². The fourth-order valence-electron chi connectivity index (χ4n) is 4.42. The molecule has 0 aliphatic carbocycles. The summed E-state index contributed by atoms with van der Waals surface area (Å²) in [7, 11) is -4.12. The van der Waals surface area contributed by atoms with Gasteiger partial charge >= 0.3 is 6.09 Å². The molecule has 0 bridgehead atoms. The van der Waals surface area contributed by atoms with Crippen LogP contribution in [0.5, 0.6) is 11.6 Å². The Kier molecular flexibility index (Phi) is 9.23. The third-order valence-corrected chi connectivity index (χ3v) is 9.05. The first-order chi connectivity index (χ1) is 20.9. The van der Waals surface area contributed by atoms with Crippen LogP contribution in [0.15, 0.2) is 65.1 Å². The average Bonchev–Trinajstić information content (AvgIpc) is 3.42. The summed E-state index contributed by atoms with van der Waals surface area (Å²) in [5.74, 6) is -0.181. The highest BCUT2D eigenvalue weighted by molar-refractivity contribution is 7.92. The number of benzene rings is 2. The SMILES string of the molecule is CC(C)(C)OC(=O)N1CCC[C@H](Nc2nccc(-c3scnc3Oc3ccc(NS(=O)(=O)c4ccccc4Cl)c(F)c3)n2)C1. The molecule has 44 heavy (non-hydrogen) atoms. The number of ether oxygens (including phenoxy) is 2. The van der Waals surface area contributed by atoms with Crippen molar-refractivity contribution < 1.29 is 27.1 Å². The predicted molar refractivity (Wildman–Crippen MR) is 166 cm³/mol. The third-order valence-electron chi connectivity index (χ3n) is 6.35. The number of thiazole rings is 1. The van der Waals surface area contributed by atoms with E-state index < -0.39 is 21.4 Å². The van der Waals surface area contributed by atoms with Crippen LogP contribution in [0.3, 0.4) is 0 Å². The van der Waals surface area contributed by atoms with E-state index in [1.165, 1.54) is 41.7 Å². The molecule has 4 aromatic rings. The van der Waals surface area contributed by atoms with Gasteiger partial charge in [-0.1, -0.05) is 23.7 Å². The number of hydrogen-bond acceptors (Lipinski definition) is 10. The van der Waals surface area contributed by atoms with Crippen LogP contribution in [0.1, 0.15) is 33.6 Å². The molecule has 1 aliphatic rings. The lowest BCUT2D eigenvalue weighted by Gasteiger charge is -2.34. The van der Waals surface area contributed by atoms with Gasteiger partial charge in [-0.25, -0.2) is 32.6 Å². The minimum atomic E-state index is -4.12. The summed E-state index contributed by atoms with van der Waals surface area (Å²) < 4.78 is 54.0. The summed E-state index contributed by atoms with van der Waals surface area (Å²) in [6.07, 6.45) is 2.88. The summed E-state index contributed by atoms with van der Waals surface area (Å²) in [5.41, 5.74) is 1.26. The number of nitrogens with zero attached hydrogens (tertiary/aromatic N) is 4. The molecule has 2 aromatic heterocycles. The number of carbonyl (C=O) groups is 1. The topological polar surface area (TPSA) is 136 Å². The zero-order valence-corrected chi connectivity index (χ0v) is 26.5. The third kappa shape index (κ3) is 7.73. The summed E-state index contributed by atoms with van der Waals surface area (Å²) in [4.78, 5) is 27.9. The maximum atomic E-state index is 15.0.